The fourth-order valence-electron chi connectivity index (χ4n) is 3.73. The van der Waals surface area contributed by atoms with Crippen LogP contribution in [0.3, 0.4) is 0 Å². The van der Waals surface area contributed by atoms with E-state index in [1.165, 1.54) is 0 Å². The zero-order valence-electron chi connectivity index (χ0n) is 16.5. The molecule has 2 N–H and O–H groups in total. The van der Waals surface area contributed by atoms with Crippen molar-refractivity contribution in [3.05, 3.63) is 56.3 Å². The first-order valence-electron chi connectivity index (χ1n) is 9.62. The second kappa shape index (κ2) is 9.64. The predicted octanol–water partition coefficient (Wildman–Crippen LogP) is 4.20. The minimum absolute atomic E-state index is 0.0260. The van der Waals surface area contributed by atoms with Crippen LogP contribution in [0.15, 0.2) is 18.2 Å². The normalized spacial score (nSPS) is 13.2. The number of rotatable bonds is 8. The number of carbonyl (C=O) groups excluding carboxylic acids is 2. The van der Waals surface area contributed by atoms with Crippen LogP contribution >= 0.6 is 23.2 Å². The Balaban J connectivity index is 1.89. The fraction of sp³-hybridized carbons (Fsp3) is 0.381. The van der Waals surface area contributed by atoms with E-state index in [1.807, 2.05) is 10.6 Å². The summed E-state index contributed by atoms with van der Waals surface area (Å²) in [6.45, 7) is 2.18. The van der Waals surface area contributed by atoms with Gasteiger partial charge in [-0.15, -0.1) is 0 Å². The van der Waals surface area contributed by atoms with Crippen LogP contribution in [0.1, 0.15) is 63.4 Å². The Morgan fingerprint density at radius 1 is 1.23 bits per heavy atom. The van der Waals surface area contributed by atoms with E-state index in [-0.39, 0.29) is 25.2 Å². The number of aromatic nitrogens is 1. The molecule has 160 valence electrons. The van der Waals surface area contributed by atoms with Gasteiger partial charge in [-0.2, -0.15) is 0 Å². The van der Waals surface area contributed by atoms with E-state index in [1.54, 1.807) is 19.1 Å². The number of hydroxylamine groups is 1. The summed E-state index contributed by atoms with van der Waals surface area (Å²) in [6.07, 6.45) is 2.09. The van der Waals surface area contributed by atoms with Crippen LogP contribution in [-0.4, -0.2) is 33.9 Å². The molecule has 30 heavy (non-hydrogen) atoms. The van der Waals surface area contributed by atoms with Gasteiger partial charge >= 0.3 is 5.97 Å². The highest BCUT2D eigenvalue weighted by Gasteiger charge is 2.30. The summed E-state index contributed by atoms with van der Waals surface area (Å²) >= 11 is 12.1. The lowest BCUT2D eigenvalue weighted by atomic mass is 9.93. The van der Waals surface area contributed by atoms with Gasteiger partial charge in [-0.05, 0) is 49.4 Å². The van der Waals surface area contributed by atoms with Gasteiger partial charge in [0.15, 0.2) is 5.78 Å². The number of aliphatic carboxylic acids is 1. The summed E-state index contributed by atoms with van der Waals surface area (Å²) in [5, 5.41) is 9.52. The molecule has 0 saturated heterocycles. The Hall–Kier alpha value is -2.35. The van der Waals surface area contributed by atoms with Gasteiger partial charge in [-0.1, -0.05) is 29.3 Å². The van der Waals surface area contributed by atoms with Crippen LogP contribution in [0.4, 0.5) is 0 Å². The number of ketones is 1. The number of halogens is 2. The van der Waals surface area contributed by atoms with Crippen molar-refractivity contribution in [1.29, 1.82) is 0 Å². The minimum Gasteiger partial charge on any atom is -0.481 e. The first-order valence-corrected chi connectivity index (χ1v) is 10.4. The number of amides is 1. The quantitative estimate of drug-likeness (QED) is 0.461. The molecule has 1 aromatic carbocycles. The molecule has 0 atom stereocenters. The number of carboxylic acids is 1. The topological polar surface area (TPSA) is 97.6 Å². The number of Topliss-reactive ketones (excluding diaryl/α,β-unsaturated/α-hetero) is 1. The van der Waals surface area contributed by atoms with Gasteiger partial charge in [0.05, 0.1) is 16.7 Å². The molecule has 7 nitrogen and oxygen atoms in total. The lowest BCUT2D eigenvalue weighted by Crippen LogP contribution is -2.28. The number of nitrogens with one attached hydrogen (secondary N) is 1. The van der Waals surface area contributed by atoms with E-state index in [0.29, 0.717) is 46.3 Å². The molecule has 1 aromatic heterocycles. The van der Waals surface area contributed by atoms with E-state index in [4.69, 9.17) is 33.1 Å². The van der Waals surface area contributed by atoms with Gasteiger partial charge in [0.1, 0.15) is 5.69 Å². The van der Waals surface area contributed by atoms with Crippen molar-refractivity contribution < 1.29 is 24.3 Å². The van der Waals surface area contributed by atoms with Gasteiger partial charge in [0, 0.05) is 30.6 Å². The number of carboxylic acid groups (broad SMARTS) is 1. The average Bonchev–Trinajstić information content (AvgIpc) is 2.97. The van der Waals surface area contributed by atoms with Crippen molar-refractivity contribution in [2.45, 2.75) is 45.6 Å². The summed E-state index contributed by atoms with van der Waals surface area (Å²) in [7, 11) is 0. The molecule has 1 aliphatic rings. The second-order valence-electron chi connectivity index (χ2n) is 7.18. The number of hydrogen-bond donors (Lipinski definition) is 2. The molecule has 0 aliphatic heterocycles. The molecule has 1 heterocycles. The average molecular weight is 453 g/mol. The van der Waals surface area contributed by atoms with Crippen LogP contribution < -0.4 is 5.48 Å². The summed E-state index contributed by atoms with van der Waals surface area (Å²) in [6, 6.07) is 5.25. The van der Waals surface area contributed by atoms with Crippen LogP contribution in [0.25, 0.3) is 0 Å². The Kier molecular flexibility index (Phi) is 7.18. The maximum Gasteiger partial charge on any atom is 0.303 e. The second-order valence-corrected chi connectivity index (χ2v) is 8.00. The van der Waals surface area contributed by atoms with Crippen LogP contribution in [-0.2, 0) is 22.6 Å². The predicted molar refractivity (Wildman–Crippen MR) is 112 cm³/mol. The molecule has 2 aromatic rings. The summed E-state index contributed by atoms with van der Waals surface area (Å²) < 4.78 is 1.83. The molecule has 1 amide bonds. The number of fused-ring (bicyclic) bond motifs is 1. The molecule has 9 heteroatoms. The molecule has 0 bridgehead atoms. The van der Waals surface area contributed by atoms with Crippen molar-refractivity contribution >= 4 is 40.9 Å². The Morgan fingerprint density at radius 3 is 2.70 bits per heavy atom. The lowest BCUT2D eigenvalue weighted by molar-refractivity contribution is -0.137. The number of benzene rings is 1. The van der Waals surface area contributed by atoms with Gasteiger partial charge < -0.3 is 9.67 Å². The van der Waals surface area contributed by atoms with E-state index in [0.717, 1.165) is 17.7 Å². The van der Waals surface area contributed by atoms with Crippen molar-refractivity contribution in [2.24, 2.45) is 0 Å². The number of carbonyl (C=O) groups is 3. The van der Waals surface area contributed by atoms with E-state index >= 15 is 0 Å². The fourth-order valence-corrected chi connectivity index (χ4v) is 4.05. The Bertz CT molecular complexity index is 1000. The molecular formula is C21H22Cl2N2O5. The number of nitrogens with zero attached hydrogens (tertiary/aromatic N) is 1. The summed E-state index contributed by atoms with van der Waals surface area (Å²) in [5.41, 5.74) is 5.60. The molecule has 0 spiro atoms. The highest BCUT2D eigenvalue weighted by atomic mass is 35.5. The summed E-state index contributed by atoms with van der Waals surface area (Å²) in [5.74, 6) is -1.38. The van der Waals surface area contributed by atoms with E-state index in [2.05, 4.69) is 5.48 Å². The van der Waals surface area contributed by atoms with Gasteiger partial charge in [-0.3, -0.25) is 19.2 Å². The number of hydrogen-bond acceptors (Lipinski definition) is 4. The van der Waals surface area contributed by atoms with E-state index < -0.39 is 11.9 Å². The zero-order chi connectivity index (χ0) is 21.8. The third kappa shape index (κ3) is 4.86. The van der Waals surface area contributed by atoms with Crippen molar-refractivity contribution in [3.8, 4) is 0 Å². The van der Waals surface area contributed by atoms with Crippen LogP contribution in [0, 0.1) is 6.92 Å². The Morgan fingerprint density at radius 2 is 2.00 bits per heavy atom. The molecule has 3 rings (SSSR count). The standard InChI is InChI=1S/C21H22Cl2N2O5/c1-12-19-16(4-2-5-17(19)26)25(11-13-7-8-14(22)15(23)10-13)20(12)21(29)24-30-9-3-6-18(27)28/h7-8,10H,2-6,9,11H2,1H3,(H,24,29)(H,27,28). The monoisotopic (exact) mass is 452 g/mol. The zero-order valence-corrected chi connectivity index (χ0v) is 18.0. The third-order valence-electron chi connectivity index (χ3n) is 5.05. The first-order chi connectivity index (χ1) is 14.3. The Labute approximate surface area is 183 Å². The smallest absolute Gasteiger partial charge is 0.303 e. The van der Waals surface area contributed by atoms with Gasteiger partial charge in [0.2, 0.25) is 0 Å². The van der Waals surface area contributed by atoms with E-state index in [9.17, 15) is 14.4 Å². The van der Waals surface area contributed by atoms with Gasteiger partial charge in [-0.25, -0.2) is 5.48 Å². The third-order valence-corrected chi connectivity index (χ3v) is 5.79. The first kappa shape index (κ1) is 22.3. The maximum atomic E-state index is 12.9. The maximum absolute atomic E-state index is 12.9. The van der Waals surface area contributed by atoms with Crippen LogP contribution in [0.2, 0.25) is 10.0 Å². The van der Waals surface area contributed by atoms with Crippen molar-refractivity contribution in [3.63, 3.8) is 0 Å². The lowest BCUT2D eigenvalue weighted by Gasteiger charge is -2.17. The molecular weight excluding hydrogens is 431 g/mol. The SMILES string of the molecule is Cc1c2c(n(Cc3ccc(Cl)c(Cl)c3)c1C(=O)NOCCCC(=O)O)CCCC2=O. The van der Waals surface area contributed by atoms with Crippen LogP contribution in [0.5, 0.6) is 0 Å². The highest BCUT2D eigenvalue weighted by Crippen LogP contribution is 2.31. The molecule has 0 unspecified atom stereocenters. The van der Waals surface area contributed by atoms with Gasteiger partial charge in [0.25, 0.3) is 5.91 Å². The molecule has 1 aliphatic carbocycles. The van der Waals surface area contributed by atoms with Crippen molar-refractivity contribution in [1.82, 2.24) is 10.0 Å². The molecule has 0 fully saturated rings. The molecule has 0 saturated carbocycles. The summed E-state index contributed by atoms with van der Waals surface area (Å²) in [4.78, 5) is 41.2. The largest absolute Gasteiger partial charge is 0.481 e. The minimum atomic E-state index is -0.928. The van der Waals surface area contributed by atoms with Crippen molar-refractivity contribution in [2.75, 3.05) is 6.61 Å². The highest BCUT2D eigenvalue weighted by molar-refractivity contribution is 6.42. The molecule has 0 radical (unpaired) electrons.